The standard InChI is InChI=1S/C14H17F2N3/c1-19(11-4-2-10(18)3-5-11)14-12(15)6-9(8-17)7-13(14)16/h6-7,10-11H,2-5,18H2,1H3. The minimum atomic E-state index is -0.686. The van der Waals surface area contributed by atoms with Gasteiger partial charge in [0.1, 0.15) is 5.69 Å². The highest BCUT2D eigenvalue weighted by Gasteiger charge is 2.25. The van der Waals surface area contributed by atoms with Gasteiger partial charge in [0.15, 0.2) is 11.6 Å². The van der Waals surface area contributed by atoms with Crippen LogP contribution in [0.2, 0.25) is 0 Å². The molecule has 2 rings (SSSR count). The Balaban J connectivity index is 2.24. The first-order valence-corrected chi connectivity index (χ1v) is 6.40. The number of nitrogens with zero attached hydrogens (tertiary/aromatic N) is 2. The number of nitriles is 1. The van der Waals surface area contributed by atoms with Crippen LogP contribution in [-0.2, 0) is 0 Å². The van der Waals surface area contributed by atoms with Crippen LogP contribution in [0.15, 0.2) is 12.1 Å². The molecule has 1 saturated carbocycles. The third kappa shape index (κ3) is 2.85. The van der Waals surface area contributed by atoms with Crippen LogP contribution < -0.4 is 10.6 Å². The van der Waals surface area contributed by atoms with Crippen LogP contribution >= 0.6 is 0 Å². The summed E-state index contributed by atoms with van der Waals surface area (Å²) in [5, 5.41) is 8.68. The monoisotopic (exact) mass is 265 g/mol. The quantitative estimate of drug-likeness (QED) is 0.894. The molecule has 1 aliphatic carbocycles. The van der Waals surface area contributed by atoms with E-state index in [2.05, 4.69) is 0 Å². The van der Waals surface area contributed by atoms with Crippen LogP contribution in [-0.4, -0.2) is 19.1 Å². The summed E-state index contributed by atoms with van der Waals surface area (Å²) >= 11 is 0. The summed E-state index contributed by atoms with van der Waals surface area (Å²) in [4.78, 5) is 1.64. The second-order valence-electron chi connectivity index (χ2n) is 5.08. The van der Waals surface area contributed by atoms with Gasteiger partial charge in [0.2, 0.25) is 0 Å². The molecule has 1 fully saturated rings. The fourth-order valence-corrected chi connectivity index (χ4v) is 2.64. The van der Waals surface area contributed by atoms with Crippen LogP contribution in [0.4, 0.5) is 14.5 Å². The first kappa shape index (κ1) is 13.8. The molecule has 102 valence electrons. The minimum Gasteiger partial charge on any atom is -0.367 e. The van der Waals surface area contributed by atoms with Gasteiger partial charge in [-0.2, -0.15) is 5.26 Å². The van der Waals surface area contributed by atoms with E-state index >= 15 is 0 Å². The van der Waals surface area contributed by atoms with E-state index in [1.165, 1.54) is 0 Å². The maximum Gasteiger partial charge on any atom is 0.150 e. The van der Waals surface area contributed by atoms with Gasteiger partial charge in [0.05, 0.1) is 11.6 Å². The van der Waals surface area contributed by atoms with E-state index in [9.17, 15) is 8.78 Å². The zero-order chi connectivity index (χ0) is 14.0. The molecule has 5 heteroatoms. The summed E-state index contributed by atoms with van der Waals surface area (Å²) in [6.07, 6.45) is 3.40. The lowest BCUT2D eigenvalue weighted by Crippen LogP contribution is -2.39. The van der Waals surface area contributed by atoms with E-state index in [0.717, 1.165) is 37.8 Å². The molecule has 0 aromatic heterocycles. The van der Waals surface area contributed by atoms with Crippen molar-refractivity contribution in [1.29, 1.82) is 5.26 Å². The van der Waals surface area contributed by atoms with Gasteiger partial charge in [-0.15, -0.1) is 0 Å². The number of halogens is 2. The second-order valence-corrected chi connectivity index (χ2v) is 5.08. The lowest BCUT2D eigenvalue weighted by molar-refractivity contribution is 0.380. The lowest BCUT2D eigenvalue weighted by Gasteiger charge is -2.35. The average molecular weight is 265 g/mol. The largest absolute Gasteiger partial charge is 0.367 e. The van der Waals surface area contributed by atoms with Crippen LogP contribution in [0.25, 0.3) is 0 Å². The molecule has 3 nitrogen and oxygen atoms in total. The molecule has 0 aliphatic heterocycles. The topological polar surface area (TPSA) is 53.0 Å². The van der Waals surface area contributed by atoms with E-state index in [4.69, 9.17) is 11.0 Å². The molecule has 0 heterocycles. The number of rotatable bonds is 2. The molecular weight excluding hydrogens is 248 g/mol. The van der Waals surface area contributed by atoms with E-state index < -0.39 is 11.6 Å². The average Bonchev–Trinajstić information content (AvgIpc) is 2.38. The first-order chi connectivity index (χ1) is 9.02. The highest BCUT2D eigenvalue weighted by molar-refractivity contribution is 5.52. The minimum absolute atomic E-state index is 0.00202. The Morgan fingerprint density at radius 3 is 2.21 bits per heavy atom. The van der Waals surface area contributed by atoms with Crippen molar-refractivity contribution in [3.8, 4) is 6.07 Å². The van der Waals surface area contributed by atoms with E-state index in [1.807, 2.05) is 0 Å². The zero-order valence-electron chi connectivity index (χ0n) is 10.9. The predicted octanol–water partition coefficient (Wildman–Crippen LogP) is 2.54. The van der Waals surface area contributed by atoms with Gasteiger partial charge in [-0.05, 0) is 37.8 Å². The molecule has 19 heavy (non-hydrogen) atoms. The molecule has 1 aromatic carbocycles. The van der Waals surface area contributed by atoms with Crippen molar-refractivity contribution in [2.75, 3.05) is 11.9 Å². The number of anilines is 1. The number of nitrogens with two attached hydrogens (primary N) is 1. The molecule has 0 bridgehead atoms. The Morgan fingerprint density at radius 1 is 1.21 bits per heavy atom. The van der Waals surface area contributed by atoms with E-state index in [-0.39, 0.29) is 23.3 Å². The van der Waals surface area contributed by atoms with Crippen molar-refractivity contribution >= 4 is 5.69 Å². The summed E-state index contributed by atoms with van der Waals surface area (Å²) in [6, 6.07) is 4.18. The summed E-state index contributed by atoms with van der Waals surface area (Å²) in [7, 11) is 1.69. The summed E-state index contributed by atoms with van der Waals surface area (Å²) < 4.78 is 27.8. The number of hydrogen-bond donors (Lipinski definition) is 1. The molecular formula is C14H17F2N3. The lowest BCUT2D eigenvalue weighted by atomic mass is 9.90. The number of hydrogen-bond acceptors (Lipinski definition) is 3. The maximum absolute atomic E-state index is 13.9. The van der Waals surface area contributed by atoms with Crippen molar-refractivity contribution in [3.05, 3.63) is 29.3 Å². The Kier molecular flexibility index (Phi) is 4.01. The molecule has 0 amide bonds. The molecule has 2 N–H and O–H groups in total. The van der Waals surface area contributed by atoms with Gasteiger partial charge >= 0.3 is 0 Å². The number of benzene rings is 1. The van der Waals surface area contributed by atoms with Gasteiger partial charge in [-0.3, -0.25) is 0 Å². The van der Waals surface area contributed by atoms with Crippen molar-refractivity contribution in [2.45, 2.75) is 37.8 Å². The normalized spacial score (nSPS) is 22.9. The Labute approximate surface area is 111 Å². The second kappa shape index (κ2) is 5.54. The van der Waals surface area contributed by atoms with Crippen molar-refractivity contribution < 1.29 is 8.78 Å². The Hall–Kier alpha value is -1.67. The summed E-state index contributed by atoms with van der Waals surface area (Å²) in [5.41, 5.74) is 5.77. The smallest absolute Gasteiger partial charge is 0.150 e. The molecule has 0 atom stereocenters. The van der Waals surface area contributed by atoms with Crippen molar-refractivity contribution in [1.82, 2.24) is 0 Å². The van der Waals surface area contributed by atoms with Crippen LogP contribution in [0.3, 0.4) is 0 Å². The van der Waals surface area contributed by atoms with Crippen molar-refractivity contribution in [2.24, 2.45) is 5.73 Å². The predicted molar refractivity (Wildman–Crippen MR) is 69.7 cm³/mol. The molecule has 1 aliphatic rings. The van der Waals surface area contributed by atoms with Gasteiger partial charge in [-0.1, -0.05) is 0 Å². The SMILES string of the molecule is CN(c1c(F)cc(C#N)cc1F)C1CCC(N)CC1. The van der Waals surface area contributed by atoms with Gasteiger partial charge in [0, 0.05) is 19.1 Å². The molecule has 1 aromatic rings. The molecule has 0 unspecified atom stereocenters. The maximum atomic E-state index is 13.9. The third-order valence-electron chi connectivity index (χ3n) is 3.79. The van der Waals surface area contributed by atoms with Gasteiger partial charge < -0.3 is 10.6 Å². The van der Waals surface area contributed by atoms with E-state index in [0.29, 0.717) is 0 Å². The fourth-order valence-electron chi connectivity index (χ4n) is 2.64. The van der Waals surface area contributed by atoms with Crippen LogP contribution in [0, 0.1) is 23.0 Å². The summed E-state index contributed by atoms with van der Waals surface area (Å²) in [5.74, 6) is -1.37. The van der Waals surface area contributed by atoms with Gasteiger partial charge in [0.25, 0.3) is 0 Å². The Morgan fingerprint density at radius 2 is 1.74 bits per heavy atom. The zero-order valence-corrected chi connectivity index (χ0v) is 10.9. The third-order valence-corrected chi connectivity index (χ3v) is 3.79. The Bertz CT molecular complexity index is 479. The van der Waals surface area contributed by atoms with Gasteiger partial charge in [-0.25, -0.2) is 8.78 Å². The van der Waals surface area contributed by atoms with Crippen LogP contribution in [0.1, 0.15) is 31.2 Å². The van der Waals surface area contributed by atoms with Crippen molar-refractivity contribution in [3.63, 3.8) is 0 Å². The highest BCUT2D eigenvalue weighted by Crippen LogP contribution is 2.30. The molecule has 0 saturated heterocycles. The molecule has 0 spiro atoms. The highest BCUT2D eigenvalue weighted by atomic mass is 19.1. The first-order valence-electron chi connectivity index (χ1n) is 6.40. The van der Waals surface area contributed by atoms with E-state index in [1.54, 1.807) is 18.0 Å². The van der Waals surface area contributed by atoms with Crippen LogP contribution in [0.5, 0.6) is 0 Å². The molecule has 0 radical (unpaired) electrons. The summed E-state index contributed by atoms with van der Waals surface area (Å²) in [6.45, 7) is 0. The fraction of sp³-hybridized carbons (Fsp3) is 0.500.